The number of aromatic nitrogens is 2. The molecule has 2 aliphatic carbocycles. The van der Waals surface area contributed by atoms with Crippen molar-refractivity contribution in [3.63, 3.8) is 0 Å². The summed E-state index contributed by atoms with van der Waals surface area (Å²) in [5.41, 5.74) is 8.65. The van der Waals surface area contributed by atoms with Crippen molar-refractivity contribution in [2.45, 2.75) is 70.3 Å². The molecule has 3 heteroatoms. The zero-order chi connectivity index (χ0) is 13.2. The summed E-state index contributed by atoms with van der Waals surface area (Å²) in [5.74, 6) is 2.56. The third-order valence-corrected chi connectivity index (χ3v) is 4.98. The number of nitrogens with two attached hydrogens (primary N) is 1. The van der Waals surface area contributed by atoms with E-state index in [-0.39, 0.29) is 6.04 Å². The molecule has 0 spiro atoms. The Bertz CT molecular complexity index is 444. The van der Waals surface area contributed by atoms with Gasteiger partial charge < -0.3 is 5.73 Å². The van der Waals surface area contributed by atoms with Crippen LogP contribution in [0.3, 0.4) is 0 Å². The molecule has 2 N–H and O–H groups in total. The van der Waals surface area contributed by atoms with Crippen molar-refractivity contribution in [3.8, 4) is 0 Å². The lowest BCUT2D eigenvalue weighted by Gasteiger charge is -2.15. The van der Waals surface area contributed by atoms with Gasteiger partial charge in [-0.1, -0.05) is 19.8 Å². The third-order valence-electron chi connectivity index (χ3n) is 4.98. The van der Waals surface area contributed by atoms with E-state index in [0.717, 1.165) is 24.6 Å². The zero-order valence-corrected chi connectivity index (χ0v) is 11.9. The lowest BCUT2D eigenvalue weighted by molar-refractivity contribution is 0.516. The first kappa shape index (κ1) is 13.0. The molecule has 3 atom stereocenters. The monoisotopic (exact) mass is 259 g/mol. The van der Waals surface area contributed by atoms with Gasteiger partial charge in [-0.05, 0) is 44.4 Å². The Morgan fingerprint density at radius 2 is 2.16 bits per heavy atom. The molecule has 1 saturated carbocycles. The van der Waals surface area contributed by atoms with E-state index in [1.807, 2.05) is 6.20 Å². The fraction of sp³-hybridized carbons (Fsp3) is 0.750. The van der Waals surface area contributed by atoms with Gasteiger partial charge in [0.25, 0.3) is 0 Å². The number of fused-ring (bicyclic) bond motifs is 1. The lowest BCUT2D eigenvalue weighted by atomic mass is 10.0. The van der Waals surface area contributed by atoms with Crippen LogP contribution in [-0.4, -0.2) is 9.97 Å². The standard InChI is InChI=1S/C16H25N3/c1-2-11-7-8-12(9-11)16-18-10-13-14(17)5-3-4-6-15(13)19-16/h10-12,14H,2-9,17H2,1H3. The van der Waals surface area contributed by atoms with Crippen LogP contribution < -0.4 is 5.73 Å². The molecule has 3 unspecified atom stereocenters. The second-order valence-corrected chi connectivity index (χ2v) is 6.27. The molecule has 0 aliphatic heterocycles. The highest BCUT2D eigenvalue weighted by atomic mass is 14.9. The molecule has 3 rings (SSSR count). The SMILES string of the molecule is CCC1CCC(c2ncc3c(n2)CCCCC3N)C1. The Balaban J connectivity index is 1.83. The van der Waals surface area contributed by atoms with Gasteiger partial charge in [0.15, 0.2) is 0 Å². The largest absolute Gasteiger partial charge is 0.324 e. The van der Waals surface area contributed by atoms with E-state index in [4.69, 9.17) is 10.7 Å². The van der Waals surface area contributed by atoms with Crippen LogP contribution in [0.1, 0.15) is 80.9 Å². The fourth-order valence-electron chi connectivity index (χ4n) is 3.64. The van der Waals surface area contributed by atoms with E-state index >= 15 is 0 Å². The van der Waals surface area contributed by atoms with Crippen molar-refractivity contribution < 1.29 is 0 Å². The first-order valence-electron chi connectivity index (χ1n) is 7.89. The Morgan fingerprint density at radius 3 is 2.95 bits per heavy atom. The summed E-state index contributed by atoms with van der Waals surface area (Å²) in [5, 5.41) is 0. The molecule has 0 amide bonds. The zero-order valence-electron chi connectivity index (χ0n) is 11.9. The van der Waals surface area contributed by atoms with Gasteiger partial charge in [0.1, 0.15) is 5.82 Å². The van der Waals surface area contributed by atoms with E-state index in [0.29, 0.717) is 5.92 Å². The summed E-state index contributed by atoms with van der Waals surface area (Å²) in [7, 11) is 0. The molecule has 2 aliphatic rings. The van der Waals surface area contributed by atoms with Gasteiger partial charge in [-0.15, -0.1) is 0 Å². The molecular weight excluding hydrogens is 234 g/mol. The van der Waals surface area contributed by atoms with Crippen molar-refractivity contribution in [1.82, 2.24) is 9.97 Å². The van der Waals surface area contributed by atoms with E-state index < -0.39 is 0 Å². The van der Waals surface area contributed by atoms with E-state index in [2.05, 4.69) is 11.9 Å². The maximum absolute atomic E-state index is 6.21. The summed E-state index contributed by atoms with van der Waals surface area (Å²) >= 11 is 0. The van der Waals surface area contributed by atoms with E-state index in [1.54, 1.807) is 0 Å². The van der Waals surface area contributed by atoms with Crippen molar-refractivity contribution in [2.75, 3.05) is 0 Å². The molecule has 1 fully saturated rings. The molecule has 1 aromatic rings. The molecule has 0 radical (unpaired) electrons. The van der Waals surface area contributed by atoms with Crippen molar-refractivity contribution in [3.05, 3.63) is 23.3 Å². The second kappa shape index (κ2) is 5.58. The molecular formula is C16H25N3. The van der Waals surface area contributed by atoms with Gasteiger partial charge in [0.05, 0.1) is 0 Å². The third kappa shape index (κ3) is 2.66. The second-order valence-electron chi connectivity index (χ2n) is 6.27. The fourth-order valence-corrected chi connectivity index (χ4v) is 3.64. The van der Waals surface area contributed by atoms with Gasteiger partial charge in [0, 0.05) is 29.4 Å². The van der Waals surface area contributed by atoms with Gasteiger partial charge in [-0.2, -0.15) is 0 Å². The molecule has 3 nitrogen and oxygen atoms in total. The highest BCUT2D eigenvalue weighted by Crippen LogP contribution is 2.38. The van der Waals surface area contributed by atoms with Crippen LogP contribution in [-0.2, 0) is 6.42 Å². The minimum Gasteiger partial charge on any atom is -0.324 e. The van der Waals surface area contributed by atoms with Gasteiger partial charge in [-0.3, -0.25) is 0 Å². The van der Waals surface area contributed by atoms with Crippen LogP contribution in [0.5, 0.6) is 0 Å². The minimum atomic E-state index is 0.151. The normalized spacial score (nSPS) is 30.9. The first-order chi connectivity index (χ1) is 9.28. The molecule has 0 aromatic carbocycles. The molecule has 1 aromatic heterocycles. The first-order valence-corrected chi connectivity index (χ1v) is 7.89. The van der Waals surface area contributed by atoms with Crippen LogP contribution >= 0.6 is 0 Å². The molecule has 1 heterocycles. The summed E-state index contributed by atoms with van der Waals surface area (Å²) in [6, 6.07) is 0.151. The molecule has 0 bridgehead atoms. The number of hydrogen-bond acceptors (Lipinski definition) is 3. The quantitative estimate of drug-likeness (QED) is 0.827. The van der Waals surface area contributed by atoms with Gasteiger partial charge >= 0.3 is 0 Å². The Morgan fingerprint density at radius 1 is 1.26 bits per heavy atom. The van der Waals surface area contributed by atoms with Crippen LogP contribution in [0.2, 0.25) is 0 Å². The molecule has 19 heavy (non-hydrogen) atoms. The van der Waals surface area contributed by atoms with Gasteiger partial charge in [-0.25, -0.2) is 9.97 Å². The summed E-state index contributed by atoms with van der Waals surface area (Å²) < 4.78 is 0. The van der Waals surface area contributed by atoms with Crippen molar-refractivity contribution in [1.29, 1.82) is 0 Å². The average molecular weight is 259 g/mol. The van der Waals surface area contributed by atoms with Gasteiger partial charge in [0.2, 0.25) is 0 Å². The number of nitrogens with zero attached hydrogens (tertiary/aromatic N) is 2. The smallest absolute Gasteiger partial charge is 0.131 e. The van der Waals surface area contributed by atoms with E-state index in [1.165, 1.54) is 49.8 Å². The van der Waals surface area contributed by atoms with Crippen LogP contribution in [0.4, 0.5) is 0 Å². The highest BCUT2D eigenvalue weighted by molar-refractivity contribution is 5.24. The van der Waals surface area contributed by atoms with Crippen molar-refractivity contribution >= 4 is 0 Å². The molecule has 0 saturated heterocycles. The van der Waals surface area contributed by atoms with Crippen LogP contribution in [0, 0.1) is 5.92 Å². The topological polar surface area (TPSA) is 51.8 Å². The highest BCUT2D eigenvalue weighted by Gasteiger charge is 2.27. The maximum Gasteiger partial charge on any atom is 0.131 e. The number of hydrogen-bond donors (Lipinski definition) is 1. The predicted octanol–water partition coefficient (Wildman–Crippen LogP) is 3.50. The van der Waals surface area contributed by atoms with Crippen LogP contribution in [0.25, 0.3) is 0 Å². The summed E-state index contributed by atoms with van der Waals surface area (Å²) in [6.45, 7) is 2.30. The average Bonchev–Trinajstić information content (AvgIpc) is 2.84. The summed E-state index contributed by atoms with van der Waals surface area (Å²) in [6.07, 6.45) is 11.8. The van der Waals surface area contributed by atoms with E-state index in [9.17, 15) is 0 Å². The maximum atomic E-state index is 6.21. The molecule has 104 valence electrons. The minimum absolute atomic E-state index is 0.151. The Kier molecular flexibility index (Phi) is 3.83. The Labute approximate surface area is 116 Å². The predicted molar refractivity (Wildman–Crippen MR) is 76.9 cm³/mol. The van der Waals surface area contributed by atoms with Crippen LogP contribution in [0.15, 0.2) is 6.20 Å². The lowest BCUT2D eigenvalue weighted by Crippen LogP contribution is -2.14. The Hall–Kier alpha value is -0.960. The van der Waals surface area contributed by atoms with Crippen molar-refractivity contribution in [2.24, 2.45) is 11.7 Å². The summed E-state index contributed by atoms with van der Waals surface area (Å²) in [4.78, 5) is 9.53. The number of rotatable bonds is 2. The number of aryl methyl sites for hydroxylation is 1.